The zero-order valence-corrected chi connectivity index (χ0v) is 8.27. The number of rotatable bonds is 5. The van der Waals surface area contributed by atoms with Gasteiger partial charge in [0.15, 0.2) is 0 Å². The lowest BCUT2D eigenvalue weighted by Gasteiger charge is -2.17. The van der Waals surface area contributed by atoms with Crippen LogP contribution in [-0.4, -0.2) is 22.9 Å². The van der Waals surface area contributed by atoms with Crippen LogP contribution < -0.4 is 0 Å². The fourth-order valence-corrected chi connectivity index (χ4v) is 0.973. The van der Waals surface area contributed by atoms with Gasteiger partial charge in [0, 0.05) is 12.5 Å². The monoisotopic (exact) mass is 182 g/mol. The molecule has 0 amide bonds. The smallest absolute Gasteiger partial charge is 0.0834 e. The summed E-state index contributed by atoms with van der Waals surface area (Å²) in [5, 5.41) is 18.5. The van der Waals surface area contributed by atoms with E-state index in [-0.39, 0.29) is 12.5 Å². The second-order valence-electron chi connectivity index (χ2n) is 2.99. The predicted octanol–water partition coefficient (Wildman–Crippen LogP) is 1.66. The van der Waals surface area contributed by atoms with E-state index in [9.17, 15) is 5.11 Å². The molecule has 0 radical (unpaired) electrons. The molecule has 0 aromatic carbocycles. The zero-order chi connectivity index (χ0) is 10.3. The molecule has 0 fully saturated rings. The quantitative estimate of drug-likeness (QED) is 0.635. The Bertz CT molecular complexity index is 204. The van der Waals surface area contributed by atoms with Gasteiger partial charge in [0.1, 0.15) is 0 Å². The van der Waals surface area contributed by atoms with Crippen molar-refractivity contribution >= 4 is 0 Å². The molecular formula is C11H18O2. The van der Waals surface area contributed by atoms with E-state index in [0.717, 1.165) is 5.57 Å². The largest absolute Gasteiger partial charge is 0.396 e. The molecule has 74 valence electrons. The lowest BCUT2D eigenvalue weighted by Crippen LogP contribution is -2.22. The summed E-state index contributed by atoms with van der Waals surface area (Å²) in [6.45, 7) is 7.19. The molecule has 0 aliphatic heterocycles. The van der Waals surface area contributed by atoms with Crippen LogP contribution in [0.3, 0.4) is 0 Å². The number of aliphatic hydroxyl groups is 2. The van der Waals surface area contributed by atoms with Gasteiger partial charge in [-0.1, -0.05) is 37.8 Å². The van der Waals surface area contributed by atoms with Crippen molar-refractivity contribution in [3.8, 4) is 0 Å². The minimum Gasteiger partial charge on any atom is -0.396 e. The van der Waals surface area contributed by atoms with Gasteiger partial charge >= 0.3 is 0 Å². The summed E-state index contributed by atoms with van der Waals surface area (Å²) in [6.07, 6.45) is 6.44. The summed E-state index contributed by atoms with van der Waals surface area (Å²) < 4.78 is 0. The third-order valence-electron chi connectivity index (χ3n) is 1.93. The number of allylic oxidation sites excluding steroid dienone is 3. The molecule has 0 saturated heterocycles. The Labute approximate surface area is 79.9 Å². The van der Waals surface area contributed by atoms with Crippen LogP contribution in [0.2, 0.25) is 0 Å². The molecule has 0 spiro atoms. The van der Waals surface area contributed by atoms with E-state index in [2.05, 4.69) is 6.58 Å². The van der Waals surface area contributed by atoms with E-state index in [4.69, 9.17) is 5.11 Å². The van der Waals surface area contributed by atoms with E-state index in [1.165, 1.54) is 0 Å². The molecule has 0 rings (SSSR count). The minimum atomic E-state index is -0.605. The number of hydrogen-bond donors (Lipinski definition) is 2. The normalized spacial score (nSPS) is 17.4. The van der Waals surface area contributed by atoms with Gasteiger partial charge in [-0.25, -0.2) is 0 Å². The van der Waals surface area contributed by atoms with Gasteiger partial charge in [-0.15, -0.1) is 0 Å². The fourth-order valence-electron chi connectivity index (χ4n) is 0.973. The number of aliphatic hydroxyl groups excluding tert-OH is 2. The van der Waals surface area contributed by atoms with Crippen LogP contribution in [0.15, 0.2) is 36.5 Å². The fraction of sp³-hybridized carbons (Fsp3) is 0.455. The second-order valence-corrected chi connectivity index (χ2v) is 2.99. The van der Waals surface area contributed by atoms with Gasteiger partial charge in [-0.05, 0) is 12.5 Å². The first-order valence-electron chi connectivity index (χ1n) is 4.41. The molecule has 0 aliphatic carbocycles. The van der Waals surface area contributed by atoms with Crippen LogP contribution in [0, 0.1) is 5.92 Å². The minimum absolute atomic E-state index is 0.0135. The third kappa shape index (κ3) is 4.06. The summed E-state index contributed by atoms with van der Waals surface area (Å²) in [5.41, 5.74) is 0.807. The maximum Gasteiger partial charge on any atom is 0.0834 e. The van der Waals surface area contributed by atoms with Gasteiger partial charge in [0.25, 0.3) is 0 Å². The Morgan fingerprint density at radius 3 is 2.54 bits per heavy atom. The highest BCUT2D eigenvalue weighted by Crippen LogP contribution is 2.13. The lowest BCUT2D eigenvalue weighted by molar-refractivity contribution is 0.105. The average molecular weight is 182 g/mol. The Kier molecular flexibility index (Phi) is 6.20. The molecule has 0 aliphatic rings. The topological polar surface area (TPSA) is 40.5 Å². The van der Waals surface area contributed by atoms with Crippen molar-refractivity contribution in [1.82, 2.24) is 0 Å². The summed E-state index contributed by atoms with van der Waals surface area (Å²) >= 11 is 0. The molecule has 2 heteroatoms. The van der Waals surface area contributed by atoms with Crippen LogP contribution >= 0.6 is 0 Å². The van der Waals surface area contributed by atoms with Gasteiger partial charge in [-0.3, -0.25) is 0 Å². The Morgan fingerprint density at radius 1 is 1.54 bits per heavy atom. The molecule has 0 aromatic heterocycles. The Balaban J connectivity index is 4.41. The van der Waals surface area contributed by atoms with Crippen LogP contribution in [0.4, 0.5) is 0 Å². The molecule has 0 bridgehead atoms. The summed E-state index contributed by atoms with van der Waals surface area (Å²) in [7, 11) is 0. The van der Waals surface area contributed by atoms with E-state index in [0.29, 0.717) is 0 Å². The van der Waals surface area contributed by atoms with Crippen molar-refractivity contribution in [2.75, 3.05) is 6.61 Å². The lowest BCUT2D eigenvalue weighted by atomic mass is 9.97. The van der Waals surface area contributed by atoms with Gasteiger partial charge in [0.05, 0.1) is 6.10 Å². The molecular weight excluding hydrogens is 164 g/mol. The van der Waals surface area contributed by atoms with Gasteiger partial charge in [-0.2, -0.15) is 0 Å². The van der Waals surface area contributed by atoms with Crippen LogP contribution in [0.1, 0.15) is 13.8 Å². The molecule has 2 nitrogen and oxygen atoms in total. The van der Waals surface area contributed by atoms with Crippen molar-refractivity contribution in [1.29, 1.82) is 0 Å². The van der Waals surface area contributed by atoms with E-state index < -0.39 is 6.10 Å². The first kappa shape index (κ1) is 12.1. The number of hydrogen-bond acceptors (Lipinski definition) is 2. The summed E-state index contributed by atoms with van der Waals surface area (Å²) in [4.78, 5) is 0. The standard InChI is InChI=1S/C11H18O2/c1-4-6-7-10(5-2)11(13)9(3)8-12/h4-7,9,11-13H,1,8H2,2-3H3/b7-6-,10-5+/t9-,11+/m0/s1. The second kappa shape index (κ2) is 6.63. The highest BCUT2D eigenvalue weighted by Gasteiger charge is 2.14. The van der Waals surface area contributed by atoms with Crippen LogP contribution in [0.5, 0.6) is 0 Å². The van der Waals surface area contributed by atoms with E-state index >= 15 is 0 Å². The Hall–Kier alpha value is -0.860. The maximum atomic E-state index is 9.69. The molecule has 2 atom stereocenters. The van der Waals surface area contributed by atoms with Crippen molar-refractivity contribution < 1.29 is 10.2 Å². The van der Waals surface area contributed by atoms with Crippen molar-refractivity contribution in [3.63, 3.8) is 0 Å². The third-order valence-corrected chi connectivity index (χ3v) is 1.93. The molecule has 0 heterocycles. The van der Waals surface area contributed by atoms with Crippen molar-refractivity contribution in [2.24, 2.45) is 5.92 Å². The first-order chi connectivity index (χ1) is 6.17. The van der Waals surface area contributed by atoms with E-state index in [1.807, 2.05) is 13.0 Å². The summed E-state index contributed by atoms with van der Waals surface area (Å²) in [6, 6.07) is 0. The van der Waals surface area contributed by atoms with Crippen molar-refractivity contribution in [2.45, 2.75) is 20.0 Å². The predicted molar refractivity (Wildman–Crippen MR) is 55.4 cm³/mol. The SMILES string of the molecule is C=C/C=C\C(=C/C)[C@H](O)[C@@H](C)CO. The maximum absolute atomic E-state index is 9.69. The molecule has 0 saturated carbocycles. The molecule has 0 unspecified atom stereocenters. The highest BCUT2D eigenvalue weighted by molar-refractivity contribution is 5.25. The highest BCUT2D eigenvalue weighted by atomic mass is 16.3. The first-order valence-corrected chi connectivity index (χ1v) is 4.41. The molecule has 2 N–H and O–H groups in total. The zero-order valence-electron chi connectivity index (χ0n) is 8.27. The molecule has 13 heavy (non-hydrogen) atoms. The Morgan fingerprint density at radius 2 is 2.15 bits per heavy atom. The average Bonchev–Trinajstić information content (AvgIpc) is 2.17. The van der Waals surface area contributed by atoms with Crippen LogP contribution in [-0.2, 0) is 0 Å². The summed E-state index contributed by atoms with van der Waals surface area (Å²) in [5.74, 6) is -0.138. The molecule has 0 aromatic rings. The van der Waals surface area contributed by atoms with Crippen molar-refractivity contribution in [3.05, 3.63) is 36.5 Å². The van der Waals surface area contributed by atoms with Gasteiger partial charge in [0.2, 0.25) is 0 Å². The van der Waals surface area contributed by atoms with Crippen LogP contribution in [0.25, 0.3) is 0 Å². The van der Waals surface area contributed by atoms with Gasteiger partial charge < -0.3 is 10.2 Å². The van der Waals surface area contributed by atoms with E-state index in [1.54, 1.807) is 25.2 Å².